The number of nitrogen functional groups attached to an aromatic ring is 1. The van der Waals surface area contributed by atoms with E-state index in [1.54, 1.807) is 13.0 Å². The van der Waals surface area contributed by atoms with Gasteiger partial charge < -0.3 is 5.73 Å². The van der Waals surface area contributed by atoms with Crippen molar-refractivity contribution in [3.8, 4) is 0 Å². The lowest BCUT2D eigenvalue weighted by Gasteiger charge is -2.11. The second-order valence-electron chi connectivity index (χ2n) is 5.04. The quantitative estimate of drug-likeness (QED) is 0.648. The number of aryl methyl sites for hydroxylation is 1. The Balaban J connectivity index is 2.08. The van der Waals surface area contributed by atoms with Gasteiger partial charge in [-0.15, -0.1) is 0 Å². The fraction of sp³-hybridized carbons (Fsp3) is 0.429. The molecule has 0 fully saturated rings. The zero-order valence-corrected chi connectivity index (χ0v) is 13.0. The van der Waals surface area contributed by atoms with Gasteiger partial charge in [-0.3, -0.25) is 0 Å². The van der Waals surface area contributed by atoms with Crippen molar-refractivity contribution in [1.82, 2.24) is 4.72 Å². The number of allylic oxidation sites excluding steroid dienone is 1. The predicted octanol–water partition coefficient (Wildman–Crippen LogP) is 3.01. The lowest BCUT2D eigenvalue weighted by molar-refractivity contribution is 0.581. The maximum absolute atomic E-state index is 12.2. The first kappa shape index (κ1) is 15.4. The number of sulfonamides is 1. The molecule has 110 valence electrons. The number of nitrogens with two attached hydrogens (primary N) is 1. The van der Waals surface area contributed by atoms with Gasteiger partial charge in [0.05, 0.1) is 5.02 Å². The van der Waals surface area contributed by atoms with Crippen molar-refractivity contribution < 1.29 is 8.42 Å². The van der Waals surface area contributed by atoms with Crippen molar-refractivity contribution in [3.05, 3.63) is 34.4 Å². The number of hydrogen-bond donors (Lipinski definition) is 2. The Morgan fingerprint density at radius 2 is 2.15 bits per heavy atom. The molecule has 0 atom stereocenters. The van der Waals surface area contributed by atoms with Crippen molar-refractivity contribution in [2.24, 2.45) is 0 Å². The minimum Gasteiger partial charge on any atom is -0.398 e. The Bertz CT molecular complexity index is 639. The summed E-state index contributed by atoms with van der Waals surface area (Å²) in [7, 11) is -3.61. The Morgan fingerprint density at radius 3 is 2.80 bits per heavy atom. The second-order valence-corrected chi connectivity index (χ2v) is 7.18. The topological polar surface area (TPSA) is 72.2 Å². The largest absolute Gasteiger partial charge is 0.398 e. The number of rotatable bonds is 5. The molecule has 1 aromatic rings. The van der Waals surface area contributed by atoms with Crippen LogP contribution in [0, 0.1) is 6.92 Å². The summed E-state index contributed by atoms with van der Waals surface area (Å²) in [4.78, 5) is 0.0441. The van der Waals surface area contributed by atoms with Gasteiger partial charge in [-0.05, 0) is 50.3 Å². The third-order valence-electron chi connectivity index (χ3n) is 3.48. The zero-order valence-electron chi connectivity index (χ0n) is 11.4. The molecule has 0 saturated heterocycles. The summed E-state index contributed by atoms with van der Waals surface area (Å²) in [6, 6.07) is 2.99. The maximum atomic E-state index is 12.2. The molecule has 0 aliphatic heterocycles. The summed E-state index contributed by atoms with van der Waals surface area (Å²) in [6.45, 7) is 2.18. The highest BCUT2D eigenvalue weighted by molar-refractivity contribution is 7.89. The third-order valence-corrected chi connectivity index (χ3v) is 5.41. The molecule has 1 aromatic carbocycles. The standard InChI is InChI=1S/C14H19ClN2O2S/c1-10-8-12(15)14(9-13(10)16)20(18,19)17-7-6-11-4-2-3-5-11/h4,8-9,17H,2-3,5-7,16H2,1H3. The van der Waals surface area contributed by atoms with E-state index in [0.717, 1.165) is 24.8 Å². The summed E-state index contributed by atoms with van der Waals surface area (Å²) in [5.74, 6) is 0. The van der Waals surface area contributed by atoms with E-state index in [4.69, 9.17) is 17.3 Å². The molecule has 0 amide bonds. The highest BCUT2D eigenvalue weighted by Gasteiger charge is 2.19. The number of hydrogen-bond acceptors (Lipinski definition) is 3. The first-order chi connectivity index (χ1) is 9.40. The zero-order chi connectivity index (χ0) is 14.8. The molecule has 1 aliphatic carbocycles. The minimum atomic E-state index is -3.61. The molecule has 0 aromatic heterocycles. The molecular formula is C14H19ClN2O2S. The Labute approximate surface area is 125 Å². The summed E-state index contributed by atoms with van der Waals surface area (Å²) in [5.41, 5.74) is 8.27. The maximum Gasteiger partial charge on any atom is 0.242 e. The van der Waals surface area contributed by atoms with Crippen LogP contribution in [0.4, 0.5) is 5.69 Å². The number of benzene rings is 1. The highest BCUT2D eigenvalue weighted by Crippen LogP contribution is 2.27. The highest BCUT2D eigenvalue weighted by atomic mass is 35.5. The van der Waals surface area contributed by atoms with E-state index < -0.39 is 10.0 Å². The SMILES string of the molecule is Cc1cc(Cl)c(S(=O)(=O)NCCC2=CCCC2)cc1N. The molecule has 1 aliphatic rings. The van der Waals surface area contributed by atoms with Gasteiger partial charge in [-0.25, -0.2) is 13.1 Å². The third kappa shape index (κ3) is 3.53. The van der Waals surface area contributed by atoms with E-state index >= 15 is 0 Å². The fourth-order valence-corrected chi connectivity index (χ4v) is 3.91. The minimum absolute atomic E-state index is 0.0441. The average Bonchev–Trinajstić information content (AvgIpc) is 2.86. The van der Waals surface area contributed by atoms with Crippen molar-refractivity contribution in [1.29, 1.82) is 0 Å². The molecule has 0 heterocycles. The Hall–Kier alpha value is -1.04. The van der Waals surface area contributed by atoms with Crippen molar-refractivity contribution in [2.45, 2.75) is 37.5 Å². The lowest BCUT2D eigenvalue weighted by Crippen LogP contribution is -2.25. The first-order valence-electron chi connectivity index (χ1n) is 6.63. The van der Waals surface area contributed by atoms with Crippen LogP contribution in [0.5, 0.6) is 0 Å². The van der Waals surface area contributed by atoms with E-state index in [1.165, 1.54) is 18.1 Å². The summed E-state index contributed by atoms with van der Waals surface area (Å²) in [5, 5.41) is 0.198. The van der Waals surface area contributed by atoms with Gasteiger partial charge in [-0.1, -0.05) is 23.3 Å². The normalized spacial score (nSPS) is 15.4. The van der Waals surface area contributed by atoms with Crippen LogP contribution in [0.15, 0.2) is 28.7 Å². The van der Waals surface area contributed by atoms with Gasteiger partial charge in [0, 0.05) is 12.2 Å². The molecule has 3 N–H and O–H groups in total. The molecule has 0 radical (unpaired) electrons. The molecule has 0 unspecified atom stereocenters. The molecule has 2 rings (SSSR count). The molecule has 20 heavy (non-hydrogen) atoms. The molecule has 0 spiro atoms. The number of anilines is 1. The van der Waals surface area contributed by atoms with E-state index in [9.17, 15) is 8.42 Å². The molecule has 0 saturated carbocycles. The Kier molecular flexibility index (Phi) is 4.73. The van der Waals surface area contributed by atoms with E-state index in [0.29, 0.717) is 12.2 Å². The fourth-order valence-electron chi connectivity index (χ4n) is 2.26. The van der Waals surface area contributed by atoms with Crippen molar-refractivity contribution in [3.63, 3.8) is 0 Å². The lowest BCUT2D eigenvalue weighted by atomic mass is 10.2. The van der Waals surface area contributed by atoms with E-state index in [2.05, 4.69) is 10.8 Å². The predicted molar refractivity (Wildman–Crippen MR) is 82.3 cm³/mol. The summed E-state index contributed by atoms with van der Waals surface area (Å²) < 4.78 is 27.0. The van der Waals surface area contributed by atoms with Crippen LogP contribution in [0.2, 0.25) is 5.02 Å². The molecule has 6 heteroatoms. The van der Waals surface area contributed by atoms with Crippen LogP contribution in [-0.2, 0) is 10.0 Å². The Morgan fingerprint density at radius 1 is 1.40 bits per heavy atom. The van der Waals surface area contributed by atoms with Crippen LogP contribution in [0.25, 0.3) is 0 Å². The van der Waals surface area contributed by atoms with Gasteiger partial charge >= 0.3 is 0 Å². The van der Waals surface area contributed by atoms with Gasteiger partial charge in [0.1, 0.15) is 4.90 Å². The first-order valence-corrected chi connectivity index (χ1v) is 8.49. The van der Waals surface area contributed by atoms with Crippen LogP contribution < -0.4 is 10.5 Å². The molecule has 4 nitrogen and oxygen atoms in total. The van der Waals surface area contributed by atoms with Gasteiger partial charge in [0.2, 0.25) is 10.0 Å². The van der Waals surface area contributed by atoms with Crippen molar-refractivity contribution in [2.75, 3.05) is 12.3 Å². The monoisotopic (exact) mass is 314 g/mol. The van der Waals surface area contributed by atoms with E-state index in [-0.39, 0.29) is 9.92 Å². The molecular weight excluding hydrogens is 296 g/mol. The van der Waals surface area contributed by atoms with Gasteiger partial charge in [0.15, 0.2) is 0 Å². The van der Waals surface area contributed by atoms with E-state index in [1.807, 2.05) is 0 Å². The summed E-state index contributed by atoms with van der Waals surface area (Å²) >= 11 is 6.01. The van der Waals surface area contributed by atoms with Crippen LogP contribution in [0.1, 0.15) is 31.2 Å². The molecule has 0 bridgehead atoms. The van der Waals surface area contributed by atoms with Crippen LogP contribution in [0.3, 0.4) is 0 Å². The number of halogens is 1. The summed E-state index contributed by atoms with van der Waals surface area (Å²) in [6.07, 6.45) is 6.27. The average molecular weight is 315 g/mol. The number of nitrogens with one attached hydrogen (secondary N) is 1. The van der Waals surface area contributed by atoms with Crippen LogP contribution in [-0.4, -0.2) is 15.0 Å². The smallest absolute Gasteiger partial charge is 0.242 e. The second kappa shape index (κ2) is 6.16. The van der Waals surface area contributed by atoms with Crippen molar-refractivity contribution >= 4 is 27.3 Å². The van der Waals surface area contributed by atoms with Crippen LogP contribution >= 0.6 is 11.6 Å². The van der Waals surface area contributed by atoms with Gasteiger partial charge in [-0.2, -0.15) is 0 Å². The van der Waals surface area contributed by atoms with Gasteiger partial charge in [0.25, 0.3) is 0 Å².